The van der Waals surface area contributed by atoms with Crippen molar-refractivity contribution in [1.82, 2.24) is 10.2 Å². The Kier molecular flexibility index (Phi) is 5.87. The van der Waals surface area contributed by atoms with Crippen LogP contribution in [0.15, 0.2) is 22.7 Å². The van der Waals surface area contributed by atoms with Crippen LogP contribution in [0, 0.1) is 5.92 Å². The molecular weight excluding hydrogens is 340 g/mol. The number of halogens is 2. The fourth-order valence-electron chi connectivity index (χ4n) is 2.65. The number of amides is 1. The quantitative estimate of drug-likeness (QED) is 0.876. The highest BCUT2D eigenvalue weighted by atomic mass is 79.9. The Morgan fingerprint density at radius 1 is 1.55 bits per heavy atom. The van der Waals surface area contributed by atoms with Gasteiger partial charge in [-0.15, -0.1) is 0 Å². The third-order valence-electron chi connectivity index (χ3n) is 3.75. The summed E-state index contributed by atoms with van der Waals surface area (Å²) < 4.78 is 1.02. The molecule has 1 amide bonds. The van der Waals surface area contributed by atoms with Gasteiger partial charge in [-0.2, -0.15) is 0 Å². The van der Waals surface area contributed by atoms with Crippen LogP contribution in [0.1, 0.15) is 18.4 Å². The maximum atomic E-state index is 12.2. The maximum Gasteiger partial charge on any atom is 0.222 e. The van der Waals surface area contributed by atoms with Crippen molar-refractivity contribution >= 4 is 33.4 Å². The van der Waals surface area contributed by atoms with Gasteiger partial charge in [-0.1, -0.05) is 27.5 Å². The SMILES string of the molecule is CNCC1CCN(C(=O)CCc2cc(Cl)ccc2Br)C1. The topological polar surface area (TPSA) is 32.3 Å². The highest BCUT2D eigenvalue weighted by Crippen LogP contribution is 2.23. The molecule has 1 aliphatic rings. The van der Waals surface area contributed by atoms with Crippen molar-refractivity contribution in [1.29, 1.82) is 0 Å². The zero-order chi connectivity index (χ0) is 14.5. The number of nitrogens with one attached hydrogen (secondary N) is 1. The van der Waals surface area contributed by atoms with Crippen molar-refractivity contribution in [2.24, 2.45) is 5.92 Å². The molecule has 3 nitrogen and oxygen atoms in total. The summed E-state index contributed by atoms with van der Waals surface area (Å²) in [7, 11) is 1.96. The van der Waals surface area contributed by atoms with Crippen molar-refractivity contribution in [2.75, 3.05) is 26.7 Å². The molecule has 0 bridgehead atoms. The molecule has 1 aliphatic heterocycles. The second-order valence-corrected chi connectivity index (χ2v) is 6.58. The summed E-state index contributed by atoms with van der Waals surface area (Å²) in [6.45, 7) is 2.77. The summed E-state index contributed by atoms with van der Waals surface area (Å²) in [4.78, 5) is 14.2. The minimum atomic E-state index is 0.246. The van der Waals surface area contributed by atoms with Crippen LogP contribution in [0.2, 0.25) is 5.02 Å². The molecule has 1 atom stereocenters. The molecule has 1 unspecified atom stereocenters. The Balaban J connectivity index is 1.85. The fourth-order valence-corrected chi connectivity index (χ4v) is 3.29. The van der Waals surface area contributed by atoms with Crippen molar-refractivity contribution in [3.63, 3.8) is 0 Å². The average Bonchev–Trinajstić information content (AvgIpc) is 2.88. The van der Waals surface area contributed by atoms with Gasteiger partial charge in [0.15, 0.2) is 0 Å². The zero-order valence-electron chi connectivity index (χ0n) is 11.7. The van der Waals surface area contributed by atoms with E-state index in [2.05, 4.69) is 21.2 Å². The van der Waals surface area contributed by atoms with E-state index in [1.165, 1.54) is 0 Å². The third-order valence-corrected chi connectivity index (χ3v) is 4.76. The largest absolute Gasteiger partial charge is 0.342 e. The van der Waals surface area contributed by atoms with Crippen LogP contribution in [0.25, 0.3) is 0 Å². The van der Waals surface area contributed by atoms with Gasteiger partial charge in [0.25, 0.3) is 0 Å². The first-order chi connectivity index (χ1) is 9.60. The van der Waals surface area contributed by atoms with Crippen molar-refractivity contribution < 1.29 is 4.79 Å². The number of rotatable bonds is 5. The minimum Gasteiger partial charge on any atom is -0.342 e. The molecule has 5 heteroatoms. The van der Waals surface area contributed by atoms with Crippen LogP contribution in [0.5, 0.6) is 0 Å². The molecule has 1 aromatic rings. The number of nitrogens with zero attached hydrogens (tertiary/aromatic N) is 1. The Morgan fingerprint density at radius 2 is 2.35 bits per heavy atom. The summed E-state index contributed by atoms with van der Waals surface area (Å²) in [5.74, 6) is 0.845. The van der Waals surface area contributed by atoms with Gasteiger partial charge in [0.1, 0.15) is 0 Å². The predicted octanol–water partition coefficient (Wildman–Crippen LogP) is 3.10. The first-order valence-electron chi connectivity index (χ1n) is 6.96. The van der Waals surface area contributed by atoms with E-state index in [-0.39, 0.29) is 5.91 Å². The molecule has 0 aliphatic carbocycles. The molecular formula is C15H20BrClN2O. The van der Waals surface area contributed by atoms with Crippen molar-refractivity contribution in [3.8, 4) is 0 Å². The van der Waals surface area contributed by atoms with E-state index >= 15 is 0 Å². The molecule has 110 valence electrons. The normalized spacial score (nSPS) is 18.6. The van der Waals surface area contributed by atoms with Crippen LogP contribution >= 0.6 is 27.5 Å². The maximum absolute atomic E-state index is 12.2. The van der Waals surface area contributed by atoms with Crippen molar-refractivity contribution in [2.45, 2.75) is 19.3 Å². The van der Waals surface area contributed by atoms with Gasteiger partial charge in [0, 0.05) is 29.0 Å². The lowest BCUT2D eigenvalue weighted by molar-refractivity contribution is -0.130. The lowest BCUT2D eigenvalue weighted by Gasteiger charge is -2.17. The Labute approximate surface area is 133 Å². The predicted molar refractivity (Wildman–Crippen MR) is 86.1 cm³/mol. The monoisotopic (exact) mass is 358 g/mol. The summed E-state index contributed by atoms with van der Waals surface area (Å²) in [5, 5.41) is 3.90. The number of aryl methyl sites for hydroxylation is 1. The average molecular weight is 360 g/mol. The van der Waals surface area contributed by atoms with Gasteiger partial charge >= 0.3 is 0 Å². The second-order valence-electron chi connectivity index (χ2n) is 5.29. The van der Waals surface area contributed by atoms with E-state index in [1.807, 2.05) is 30.1 Å². The standard InChI is InChI=1S/C15H20BrClN2O/c1-18-9-11-6-7-19(10-11)15(20)5-2-12-8-13(17)3-4-14(12)16/h3-4,8,11,18H,2,5-7,9-10H2,1H3. The number of likely N-dealkylation sites (tertiary alicyclic amines) is 1. The van der Waals surface area contributed by atoms with Crippen LogP contribution in [-0.2, 0) is 11.2 Å². The number of benzene rings is 1. The molecule has 0 spiro atoms. The van der Waals surface area contributed by atoms with Crippen LogP contribution in [0.4, 0.5) is 0 Å². The molecule has 1 N–H and O–H groups in total. The Hall–Kier alpha value is -0.580. The Morgan fingerprint density at radius 3 is 3.10 bits per heavy atom. The highest BCUT2D eigenvalue weighted by molar-refractivity contribution is 9.10. The molecule has 1 aromatic carbocycles. The van der Waals surface area contributed by atoms with Gasteiger partial charge in [-0.25, -0.2) is 0 Å². The fraction of sp³-hybridized carbons (Fsp3) is 0.533. The summed E-state index contributed by atoms with van der Waals surface area (Å²) >= 11 is 9.49. The van der Waals surface area contributed by atoms with Gasteiger partial charge in [-0.05, 0) is 56.1 Å². The van der Waals surface area contributed by atoms with E-state index in [4.69, 9.17) is 11.6 Å². The molecule has 1 heterocycles. The first-order valence-corrected chi connectivity index (χ1v) is 8.13. The summed E-state index contributed by atoms with van der Waals surface area (Å²) in [6, 6.07) is 5.70. The molecule has 0 radical (unpaired) electrons. The van der Waals surface area contributed by atoms with Gasteiger partial charge < -0.3 is 10.2 Å². The minimum absolute atomic E-state index is 0.246. The summed E-state index contributed by atoms with van der Waals surface area (Å²) in [5.41, 5.74) is 1.09. The lowest BCUT2D eigenvalue weighted by atomic mass is 10.1. The summed E-state index contributed by atoms with van der Waals surface area (Å²) in [6.07, 6.45) is 2.38. The van der Waals surface area contributed by atoms with E-state index in [1.54, 1.807) is 0 Å². The highest BCUT2D eigenvalue weighted by Gasteiger charge is 2.25. The lowest BCUT2D eigenvalue weighted by Crippen LogP contribution is -2.30. The van der Waals surface area contributed by atoms with Gasteiger partial charge in [0.05, 0.1) is 0 Å². The zero-order valence-corrected chi connectivity index (χ0v) is 14.0. The van der Waals surface area contributed by atoms with E-state index < -0.39 is 0 Å². The molecule has 2 rings (SSSR count). The number of hydrogen-bond donors (Lipinski definition) is 1. The van der Waals surface area contributed by atoms with Crippen LogP contribution in [-0.4, -0.2) is 37.5 Å². The smallest absolute Gasteiger partial charge is 0.222 e. The van der Waals surface area contributed by atoms with Crippen LogP contribution < -0.4 is 5.32 Å². The van der Waals surface area contributed by atoms with Gasteiger partial charge in [-0.3, -0.25) is 4.79 Å². The van der Waals surface area contributed by atoms with Gasteiger partial charge in [0.2, 0.25) is 5.91 Å². The molecule has 1 fully saturated rings. The Bertz CT molecular complexity index is 481. The molecule has 20 heavy (non-hydrogen) atoms. The van der Waals surface area contributed by atoms with Crippen molar-refractivity contribution in [3.05, 3.63) is 33.3 Å². The molecule has 1 saturated heterocycles. The third kappa shape index (κ3) is 4.21. The number of carbonyl (C=O) groups is 1. The first kappa shape index (κ1) is 15.8. The number of hydrogen-bond acceptors (Lipinski definition) is 2. The van der Waals surface area contributed by atoms with Crippen LogP contribution in [0.3, 0.4) is 0 Å². The van der Waals surface area contributed by atoms with E-state index in [0.717, 1.165) is 42.5 Å². The second kappa shape index (κ2) is 7.43. The molecule has 0 saturated carbocycles. The number of carbonyl (C=O) groups excluding carboxylic acids is 1. The van der Waals surface area contributed by atoms with E-state index in [9.17, 15) is 4.79 Å². The van der Waals surface area contributed by atoms with E-state index in [0.29, 0.717) is 17.4 Å². The molecule has 0 aromatic heterocycles.